The van der Waals surface area contributed by atoms with Gasteiger partial charge in [0.15, 0.2) is 0 Å². The van der Waals surface area contributed by atoms with Crippen LogP contribution >= 0.6 is 35.0 Å². The highest BCUT2D eigenvalue weighted by atomic mass is 35.5. The number of halogens is 2. The van der Waals surface area contributed by atoms with Gasteiger partial charge in [-0.15, -0.1) is 11.8 Å². The zero-order chi connectivity index (χ0) is 20.2. The number of thioether (sulfide) groups is 1. The van der Waals surface area contributed by atoms with E-state index in [2.05, 4.69) is 4.90 Å². The van der Waals surface area contributed by atoms with E-state index in [0.717, 1.165) is 38.4 Å². The number of morpholine rings is 1. The van der Waals surface area contributed by atoms with Crippen LogP contribution in [0.3, 0.4) is 0 Å². The fourth-order valence-corrected chi connectivity index (χ4v) is 4.95. The summed E-state index contributed by atoms with van der Waals surface area (Å²) in [4.78, 5) is 16.8. The van der Waals surface area contributed by atoms with Gasteiger partial charge in [-0.05, 0) is 29.8 Å². The minimum absolute atomic E-state index is 0.000830. The number of carbonyl (C=O) groups is 1. The van der Waals surface area contributed by atoms with Gasteiger partial charge in [-0.2, -0.15) is 0 Å². The molecule has 2 fully saturated rings. The maximum atomic E-state index is 12.5. The lowest BCUT2D eigenvalue weighted by atomic mass is 10.2. The molecule has 1 atom stereocenters. The fraction of sp³-hybridized carbons (Fsp3) is 0.381. The molecule has 1 unspecified atom stereocenters. The Kier molecular flexibility index (Phi) is 6.88. The molecule has 0 N–H and O–H groups in total. The Hall–Kier alpha value is -1.44. The predicted molar refractivity (Wildman–Crippen MR) is 117 cm³/mol. The second-order valence-corrected chi connectivity index (χ2v) is 8.84. The van der Waals surface area contributed by atoms with E-state index < -0.39 is 0 Å². The molecule has 2 aromatic rings. The first-order chi connectivity index (χ1) is 14.1. The van der Waals surface area contributed by atoms with E-state index in [1.165, 1.54) is 0 Å². The van der Waals surface area contributed by atoms with Crippen LogP contribution in [-0.4, -0.2) is 60.9 Å². The third-order valence-corrected chi connectivity index (χ3v) is 6.99. The van der Waals surface area contributed by atoms with E-state index in [9.17, 15) is 4.79 Å². The minimum atomic E-state index is 0.000830. The van der Waals surface area contributed by atoms with Crippen molar-refractivity contribution in [3.8, 4) is 11.5 Å². The summed E-state index contributed by atoms with van der Waals surface area (Å²) in [6.45, 7) is 4.96. The quantitative estimate of drug-likeness (QED) is 0.635. The highest BCUT2D eigenvalue weighted by Gasteiger charge is 2.33. The monoisotopic (exact) mass is 452 g/mol. The molecule has 2 aromatic carbocycles. The molecule has 29 heavy (non-hydrogen) atoms. The van der Waals surface area contributed by atoms with Crippen molar-refractivity contribution >= 4 is 40.9 Å². The van der Waals surface area contributed by atoms with Crippen molar-refractivity contribution in [1.82, 2.24) is 9.80 Å². The number of rotatable bonds is 6. The van der Waals surface area contributed by atoms with Gasteiger partial charge in [-0.25, -0.2) is 0 Å². The lowest BCUT2D eigenvalue weighted by Gasteiger charge is -2.30. The Bertz CT molecular complexity index is 877. The van der Waals surface area contributed by atoms with Crippen molar-refractivity contribution in [3.05, 3.63) is 58.1 Å². The summed E-state index contributed by atoms with van der Waals surface area (Å²) >= 11 is 13.7. The van der Waals surface area contributed by atoms with Crippen molar-refractivity contribution in [1.29, 1.82) is 0 Å². The molecule has 0 radical (unpaired) electrons. The number of carbonyl (C=O) groups excluding carboxylic acids is 1. The lowest BCUT2D eigenvalue weighted by Crippen LogP contribution is -2.42. The number of benzene rings is 2. The maximum Gasteiger partial charge on any atom is 0.233 e. The first-order valence-corrected chi connectivity index (χ1v) is 11.3. The van der Waals surface area contributed by atoms with Crippen molar-refractivity contribution in [2.24, 2.45) is 0 Å². The largest absolute Gasteiger partial charge is 0.457 e. The number of hydrogen-bond donors (Lipinski definition) is 0. The topological polar surface area (TPSA) is 42.0 Å². The van der Waals surface area contributed by atoms with Crippen LogP contribution in [-0.2, 0) is 9.53 Å². The second-order valence-electron chi connectivity index (χ2n) is 6.95. The molecule has 4 rings (SSSR count). The summed E-state index contributed by atoms with van der Waals surface area (Å²) in [5.41, 5.74) is 1.06. The summed E-state index contributed by atoms with van der Waals surface area (Å²) < 4.78 is 11.4. The van der Waals surface area contributed by atoms with Crippen molar-refractivity contribution in [2.45, 2.75) is 5.37 Å². The predicted octanol–water partition coefficient (Wildman–Crippen LogP) is 4.69. The molecule has 1 amide bonds. The van der Waals surface area contributed by atoms with Gasteiger partial charge >= 0.3 is 0 Å². The fourth-order valence-electron chi connectivity index (χ4n) is 3.45. The smallest absolute Gasteiger partial charge is 0.233 e. The molecule has 2 saturated heterocycles. The van der Waals surface area contributed by atoms with E-state index >= 15 is 0 Å². The van der Waals surface area contributed by atoms with Gasteiger partial charge < -0.3 is 14.4 Å². The Morgan fingerprint density at radius 1 is 1.03 bits per heavy atom. The van der Waals surface area contributed by atoms with Crippen LogP contribution in [0.15, 0.2) is 42.5 Å². The molecule has 0 aliphatic carbocycles. The molecular formula is C21H22Cl2N2O3S. The molecule has 2 aliphatic rings. The summed E-state index contributed by atoms with van der Waals surface area (Å²) in [7, 11) is 0. The van der Waals surface area contributed by atoms with Crippen LogP contribution in [0.1, 0.15) is 10.9 Å². The van der Waals surface area contributed by atoms with Crippen LogP contribution in [0, 0.1) is 0 Å². The zero-order valence-electron chi connectivity index (χ0n) is 15.9. The number of hydrogen-bond acceptors (Lipinski definition) is 5. The summed E-state index contributed by atoms with van der Waals surface area (Å²) in [6, 6.07) is 13.1. The van der Waals surface area contributed by atoms with Gasteiger partial charge in [0.25, 0.3) is 0 Å². The number of nitrogens with zero attached hydrogens (tertiary/aromatic N) is 2. The van der Waals surface area contributed by atoms with Gasteiger partial charge in [0.05, 0.1) is 29.0 Å². The molecule has 5 nitrogen and oxygen atoms in total. The van der Waals surface area contributed by atoms with Crippen molar-refractivity contribution < 1.29 is 14.3 Å². The van der Waals surface area contributed by atoms with Gasteiger partial charge in [0.1, 0.15) is 16.9 Å². The van der Waals surface area contributed by atoms with Crippen LogP contribution in [0.4, 0.5) is 0 Å². The number of ether oxygens (including phenoxy) is 2. The first-order valence-electron chi connectivity index (χ1n) is 9.54. The average molecular weight is 453 g/mol. The Labute approximate surface area is 184 Å². The van der Waals surface area contributed by atoms with E-state index in [0.29, 0.717) is 33.8 Å². The molecule has 2 heterocycles. The van der Waals surface area contributed by atoms with Gasteiger partial charge in [0.2, 0.25) is 5.91 Å². The second kappa shape index (κ2) is 9.58. The summed E-state index contributed by atoms with van der Waals surface area (Å²) in [5.74, 6) is 2.01. The standard InChI is InChI=1S/C21H22Cl2N2O3S/c22-18-5-4-17(13-19(18)23)28-16-3-1-2-15(12-16)21-25(20(26)14-29-21)7-6-24-8-10-27-11-9-24/h1-5,12-13,21H,6-11,14H2. The van der Waals surface area contributed by atoms with Crippen LogP contribution < -0.4 is 4.74 Å². The van der Waals surface area contributed by atoms with Crippen LogP contribution in [0.2, 0.25) is 10.0 Å². The van der Waals surface area contributed by atoms with E-state index in [1.54, 1.807) is 30.0 Å². The molecule has 0 spiro atoms. The molecule has 154 valence electrons. The highest BCUT2D eigenvalue weighted by molar-refractivity contribution is 8.00. The van der Waals surface area contributed by atoms with E-state index in [1.807, 2.05) is 29.2 Å². The molecule has 2 aliphatic heterocycles. The van der Waals surface area contributed by atoms with E-state index in [4.69, 9.17) is 32.7 Å². The average Bonchev–Trinajstić information content (AvgIpc) is 3.11. The van der Waals surface area contributed by atoms with Gasteiger partial charge in [-0.3, -0.25) is 9.69 Å². The van der Waals surface area contributed by atoms with E-state index in [-0.39, 0.29) is 11.3 Å². The Morgan fingerprint density at radius 3 is 2.62 bits per heavy atom. The molecule has 0 aromatic heterocycles. The van der Waals surface area contributed by atoms with Gasteiger partial charge in [-0.1, -0.05) is 35.3 Å². The Balaban J connectivity index is 1.45. The Morgan fingerprint density at radius 2 is 1.83 bits per heavy atom. The molecule has 0 saturated carbocycles. The van der Waals surface area contributed by atoms with Crippen LogP contribution in [0.5, 0.6) is 11.5 Å². The third kappa shape index (κ3) is 5.19. The first kappa shape index (κ1) is 20.8. The molecule has 8 heteroatoms. The lowest BCUT2D eigenvalue weighted by molar-refractivity contribution is -0.128. The van der Waals surface area contributed by atoms with Gasteiger partial charge in [0, 0.05) is 32.2 Å². The van der Waals surface area contributed by atoms with Crippen LogP contribution in [0.25, 0.3) is 0 Å². The zero-order valence-corrected chi connectivity index (χ0v) is 18.2. The summed E-state index contributed by atoms with van der Waals surface area (Å²) in [5, 5.41) is 0.942. The summed E-state index contributed by atoms with van der Waals surface area (Å²) in [6.07, 6.45) is 0. The normalized spacial score (nSPS) is 20.3. The maximum absolute atomic E-state index is 12.5. The molecule has 0 bridgehead atoms. The van der Waals surface area contributed by atoms with Crippen molar-refractivity contribution in [2.75, 3.05) is 45.1 Å². The molecular weight excluding hydrogens is 431 g/mol. The SMILES string of the molecule is O=C1CSC(c2cccc(Oc3ccc(Cl)c(Cl)c3)c2)N1CCN1CCOCC1. The minimum Gasteiger partial charge on any atom is -0.457 e. The third-order valence-electron chi connectivity index (χ3n) is 5.00. The highest BCUT2D eigenvalue weighted by Crippen LogP contribution is 2.40. The van der Waals surface area contributed by atoms with Crippen molar-refractivity contribution in [3.63, 3.8) is 0 Å². The number of amides is 1.